The Balaban J connectivity index is 1.51. The van der Waals surface area contributed by atoms with Crippen molar-refractivity contribution in [3.8, 4) is 10.6 Å². The number of ether oxygens (including phenoxy) is 1. The lowest BCUT2D eigenvalue weighted by Crippen LogP contribution is -2.46. The van der Waals surface area contributed by atoms with Crippen molar-refractivity contribution in [2.75, 3.05) is 26.2 Å². The number of thiazole rings is 1. The van der Waals surface area contributed by atoms with E-state index in [0.29, 0.717) is 31.8 Å². The van der Waals surface area contributed by atoms with Gasteiger partial charge in [0.25, 0.3) is 5.91 Å². The summed E-state index contributed by atoms with van der Waals surface area (Å²) in [7, 11) is 0. The molecule has 0 spiro atoms. The number of morpholine rings is 1. The van der Waals surface area contributed by atoms with E-state index in [1.54, 1.807) is 11.3 Å². The van der Waals surface area contributed by atoms with Crippen LogP contribution in [0.5, 0.6) is 0 Å². The maximum absolute atomic E-state index is 12.8. The number of benzene rings is 2. The van der Waals surface area contributed by atoms with E-state index < -0.39 is 0 Å². The Morgan fingerprint density at radius 3 is 2.81 bits per heavy atom. The van der Waals surface area contributed by atoms with Gasteiger partial charge in [0.1, 0.15) is 5.01 Å². The molecule has 1 aromatic heterocycles. The van der Waals surface area contributed by atoms with Gasteiger partial charge in [0, 0.05) is 24.2 Å². The lowest BCUT2D eigenvalue weighted by Gasteiger charge is -2.33. The fraction of sp³-hybridized carbons (Fsp3) is 0.300. The number of carbonyl (C=O) groups is 1. The molecule has 1 aliphatic heterocycles. The van der Waals surface area contributed by atoms with Crippen LogP contribution in [0, 0.1) is 0 Å². The number of hydrogen-bond donors (Lipinski definition) is 1. The van der Waals surface area contributed by atoms with Crippen molar-refractivity contribution in [1.82, 2.24) is 9.88 Å². The molecule has 2 aromatic carbocycles. The van der Waals surface area contributed by atoms with Crippen molar-refractivity contribution < 1.29 is 9.53 Å². The van der Waals surface area contributed by atoms with Gasteiger partial charge in [0.2, 0.25) is 0 Å². The fourth-order valence-corrected chi connectivity index (χ4v) is 4.17. The second-order valence-electron chi connectivity index (χ2n) is 6.39. The summed E-state index contributed by atoms with van der Waals surface area (Å²) in [4.78, 5) is 19.3. The van der Waals surface area contributed by atoms with Gasteiger partial charge >= 0.3 is 0 Å². The molecule has 1 saturated heterocycles. The first-order chi connectivity index (χ1) is 12.7. The molecular weight excluding hydrogens is 346 g/mol. The Labute approximate surface area is 156 Å². The molecule has 1 unspecified atom stereocenters. The van der Waals surface area contributed by atoms with Crippen LogP contribution in [-0.4, -0.2) is 48.1 Å². The molecule has 1 fully saturated rings. The van der Waals surface area contributed by atoms with Crippen molar-refractivity contribution in [2.45, 2.75) is 12.5 Å². The number of aromatic nitrogens is 1. The molecule has 3 aromatic rings. The average molecular weight is 367 g/mol. The highest BCUT2D eigenvalue weighted by molar-refractivity contribution is 7.21. The third kappa shape index (κ3) is 3.49. The molecule has 1 aliphatic rings. The van der Waals surface area contributed by atoms with E-state index in [9.17, 15) is 4.79 Å². The minimum atomic E-state index is 0.0414. The molecule has 0 radical (unpaired) electrons. The van der Waals surface area contributed by atoms with Gasteiger partial charge in [0.05, 0.1) is 22.9 Å². The predicted molar refractivity (Wildman–Crippen MR) is 104 cm³/mol. The first-order valence-corrected chi connectivity index (χ1v) is 9.63. The third-order valence-corrected chi connectivity index (χ3v) is 5.67. The first-order valence-electron chi connectivity index (χ1n) is 8.81. The predicted octanol–water partition coefficient (Wildman–Crippen LogP) is 3.15. The zero-order chi connectivity index (χ0) is 17.9. The monoisotopic (exact) mass is 367 g/mol. The highest BCUT2D eigenvalue weighted by Gasteiger charge is 2.24. The summed E-state index contributed by atoms with van der Waals surface area (Å²) in [5.41, 5.74) is 8.34. The van der Waals surface area contributed by atoms with Gasteiger partial charge < -0.3 is 15.4 Å². The smallest absolute Gasteiger partial charge is 0.254 e. The van der Waals surface area contributed by atoms with Gasteiger partial charge in [-0.1, -0.05) is 24.3 Å². The summed E-state index contributed by atoms with van der Waals surface area (Å²) in [6.45, 7) is 2.37. The summed E-state index contributed by atoms with van der Waals surface area (Å²) in [5, 5.41) is 0.972. The Morgan fingerprint density at radius 1 is 1.23 bits per heavy atom. The topological polar surface area (TPSA) is 68.5 Å². The molecule has 0 bridgehead atoms. The Hall–Kier alpha value is -2.28. The maximum Gasteiger partial charge on any atom is 0.254 e. The Morgan fingerprint density at radius 2 is 2.04 bits per heavy atom. The molecule has 6 heteroatoms. The van der Waals surface area contributed by atoms with E-state index in [-0.39, 0.29) is 12.0 Å². The van der Waals surface area contributed by atoms with Crippen LogP contribution in [0.3, 0.4) is 0 Å². The molecule has 0 saturated carbocycles. The number of nitrogens with two attached hydrogens (primary N) is 1. The normalized spacial score (nSPS) is 17.6. The minimum Gasteiger partial charge on any atom is -0.374 e. The van der Waals surface area contributed by atoms with Crippen LogP contribution in [0.15, 0.2) is 48.5 Å². The van der Waals surface area contributed by atoms with E-state index in [2.05, 4.69) is 11.1 Å². The highest BCUT2D eigenvalue weighted by Crippen LogP contribution is 2.30. The maximum atomic E-state index is 12.8. The van der Waals surface area contributed by atoms with Crippen molar-refractivity contribution in [3.63, 3.8) is 0 Å². The first kappa shape index (κ1) is 17.1. The number of amides is 1. The summed E-state index contributed by atoms with van der Waals surface area (Å²) in [6.07, 6.45) is 0.820. The summed E-state index contributed by atoms with van der Waals surface area (Å²) >= 11 is 1.66. The van der Waals surface area contributed by atoms with Crippen LogP contribution in [0.25, 0.3) is 20.8 Å². The van der Waals surface area contributed by atoms with Crippen LogP contribution in [0.2, 0.25) is 0 Å². The van der Waals surface area contributed by atoms with Gasteiger partial charge in [-0.2, -0.15) is 0 Å². The van der Waals surface area contributed by atoms with Gasteiger partial charge in [-0.3, -0.25) is 4.79 Å². The summed E-state index contributed by atoms with van der Waals surface area (Å²) in [6, 6.07) is 15.8. The molecule has 2 N–H and O–H groups in total. The highest BCUT2D eigenvalue weighted by atomic mass is 32.1. The van der Waals surface area contributed by atoms with Crippen LogP contribution in [-0.2, 0) is 4.74 Å². The van der Waals surface area contributed by atoms with Gasteiger partial charge in [-0.05, 0) is 37.2 Å². The number of rotatable bonds is 4. The molecule has 0 aliphatic carbocycles. The second-order valence-corrected chi connectivity index (χ2v) is 7.42. The van der Waals surface area contributed by atoms with Crippen molar-refractivity contribution in [1.29, 1.82) is 0 Å². The average Bonchev–Trinajstić information content (AvgIpc) is 3.12. The van der Waals surface area contributed by atoms with E-state index in [1.165, 1.54) is 4.70 Å². The van der Waals surface area contributed by atoms with E-state index in [0.717, 1.165) is 22.5 Å². The SMILES string of the molecule is NCCC1CN(C(=O)c2ccc(-c3nc4ccccc4s3)cc2)CCO1. The number of carbonyl (C=O) groups excluding carboxylic acids is 1. The molecule has 26 heavy (non-hydrogen) atoms. The number of nitrogens with zero attached hydrogens (tertiary/aromatic N) is 2. The standard InChI is InChI=1S/C20H21N3O2S/c21-10-9-16-13-23(11-12-25-16)20(24)15-7-5-14(6-8-15)19-22-17-3-1-2-4-18(17)26-19/h1-8,16H,9-13,21H2. The summed E-state index contributed by atoms with van der Waals surface area (Å²) < 4.78 is 6.83. The van der Waals surface area contributed by atoms with Crippen LogP contribution in [0.1, 0.15) is 16.8 Å². The second kappa shape index (κ2) is 7.53. The van der Waals surface area contributed by atoms with Gasteiger partial charge in [-0.25, -0.2) is 4.98 Å². The number of fused-ring (bicyclic) bond motifs is 1. The number of hydrogen-bond acceptors (Lipinski definition) is 5. The minimum absolute atomic E-state index is 0.0414. The van der Waals surface area contributed by atoms with Crippen LogP contribution < -0.4 is 5.73 Å². The summed E-state index contributed by atoms with van der Waals surface area (Å²) in [5.74, 6) is 0.0474. The van der Waals surface area contributed by atoms with E-state index >= 15 is 0 Å². The fourth-order valence-electron chi connectivity index (χ4n) is 3.20. The number of para-hydroxylation sites is 1. The van der Waals surface area contributed by atoms with Crippen molar-refractivity contribution in [2.24, 2.45) is 5.73 Å². The lowest BCUT2D eigenvalue weighted by molar-refractivity contribution is -0.0236. The van der Waals surface area contributed by atoms with Gasteiger partial charge in [-0.15, -0.1) is 11.3 Å². The molecule has 134 valence electrons. The molecular formula is C20H21N3O2S. The Kier molecular flexibility index (Phi) is 4.97. The lowest BCUT2D eigenvalue weighted by atomic mass is 10.1. The zero-order valence-corrected chi connectivity index (χ0v) is 15.2. The third-order valence-electron chi connectivity index (χ3n) is 4.59. The molecule has 5 nitrogen and oxygen atoms in total. The van der Waals surface area contributed by atoms with Crippen LogP contribution >= 0.6 is 11.3 Å². The Bertz CT molecular complexity index is 872. The van der Waals surface area contributed by atoms with Gasteiger partial charge in [0.15, 0.2) is 0 Å². The van der Waals surface area contributed by atoms with Crippen molar-refractivity contribution in [3.05, 3.63) is 54.1 Å². The zero-order valence-electron chi connectivity index (χ0n) is 14.4. The molecule has 2 heterocycles. The quantitative estimate of drug-likeness (QED) is 0.769. The molecule has 4 rings (SSSR count). The van der Waals surface area contributed by atoms with E-state index in [4.69, 9.17) is 10.5 Å². The molecule has 1 atom stereocenters. The van der Waals surface area contributed by atoms with Crippen molar-refractivity contribution >= 4 is 27.5 Å². The van der Waals surface area contributed by atoms with E-state index in [1.807, 2.05) is 47.4 Å². The van der Waals surface area contributed by atoms with Crippen LogP contribution in [0.4, 0.5) is 0 Å². The molecule has 1 amide bonds. The largest absolute Gasteiger partial charge is 0.374 e.